The summed E-state index contributed by atoms with van der Waals surface area (Å²) in [7, 11) is -3.88. The van der Waals surface area contributed by atoms with Crippen LogP contribution in [0.2, 0.25) is 0 Å². The third-order valence-electron chi connectivity index (χ3n) is 4.09. The molecule has 0 unspecified atom stereocenters. The predicted octanol–water partition coefficient (Wildman–Crippen LogP) is 2.89. The number of aliphatic hydroxyl groups excluding tert-OH is 1. The summed E-state index contributed by atoms with van der Waals surface area (Å²) in [5.74, 6) is -0.492. The van der Waals surface area contributed by atoms with Gasteiger partial charge in [-0.25, -0.2) is 0 Å². The number of anilines is 1. The van der Waals surface area contributed by atoms with Crippen LogP contribution in [0.5, 0.6) is 0 Å². The number of carbonyl (C=O) groups excluding carboxylic acids is 1. The van der Waals surface area contributed by atoms with E-state index in [1.807, 2.05) is 46.9 Å². The fourth-order valence-corrected chi connectivity index (χ4v) is 4.63. The highest BCUT2D eigenvalue weighted by Gasteiger charge is 2.27. The van der Waals surface area contributed by atoms with Crippen LogP contribution in [0.25, 0.3) is 0 Å². The molecular formula is C18H17IN2O4S. The van der Waals surface area contributed by atoms with Crippen LogP contribution in [0, 0.1) is 3.57 Å². The fraction of sp³-hybridized carbons (Fsp3) is 0.222. The maximum atomic E-state index is 12.4. The van der Waals surface area contributed by atoms with Gasteiger partial charge in [-0.3, -0.25) is 4.79 Å². The van der Waals surface area contributed by atoms with Crippen molar-refractivity contribution in [2.75, 3.05) is 5.32 Å². The monoisotopic (exact) mass is 484 g/mol. The molecule has 2 N–H and O–H groups in total. The minimum Gasteiger partial charge on any atom is -0.392 e. The Balaban J connectivity index is 1.69. The van der Waals surface area contributed by atoms with Crippen molar-refractivity contribution in [3.63, 3.8) is 0 Å². The largest absolute Gasteiger partial charge is 0.392 e. The van der Waals surface area contributed by atoms with Crippen molar-refractivity contribution in [2.45, 2.75) is 30.8 Å². The van der Waals surface area contributed by atoms with E-state index in [2.05, 4.69) is 9.71 Å². The van der Waals surface area contributed by atoms with Crippen molar-refractivity contribution in [1.82, 2.24) is 0 Å². The lowest BCUT2D eigenvalue weighted by Gasteiger charge is -2.17. The Morgan fingerprint density at radius 3 is 2.62 bits per heavy atom. The molecule has 0 fully saturated rings. The average Bonchev–Trinajstić information content (AvgIpc) is 2.62. The van der Waals surface area contributed by atoms with Gasteiger partial charge in [-0.05, 0) is 64.8 Å². The van der Waals surface area contributed by atoms with Gasteiger partial charge in [-0.15, -0.1) is 4.40 Å². The number of hydrogen-bond acceptors (Lipinski definition) is 5. The molecule has 3 rings (SSSR count). The second-order valence-corrected chi connectivity index (χ2v) is 8.70. The zero-order valence-electron chi connectivity index (χ0n) is 13.8. The summed E-state index contributed by atoms with van der Waals surface area (Å²) >= 11 is 2.03. The molecule has 0 saturated carbocycles. The van der Waals surface area contributed by atoms with E-state index in [0.717, 1.165) is 14.7 Å². The molecule has 26 heavy (non-hydrogen) atoms. The summed E-state index contributed by atoms with van der Waals surface area (Å²) in [6.45, 7) is -0.0494. The second-order valence-electron chi connectivity index (χ2n) is 5.88. The van der Waals surface area contributed by atoms with E-state index in [1.54, 1.807) is 12.1 Å². The molecule has 1 aliphatic rings. The maximum absolute atomic E-state index is 12.4. The molecule has 1 heterocycles. The molecule has 0 radical (unpaired) electrons. The van der Waals surface area contributed by atoms with E-state index in [9.17, 15) is 18.3 Å². The standard InChI is InChI=1S/C18H17IN2O4S/c19-14-8-9-15-17(10-14)26(24,25)21-18(20-15)16(23)7-3-6-12-4-1-2-5-13(12)11-22/h1-2,4-5,8-10,22H,3,6-7,11H2,(H,20,21). The number of aryl methyl sites for hydroxylation is 1. The second kappa shape index (κ2) is 7.85. The smallest absolute Gasteiger partial charge is 0.286 e. The zero-order valence-corrected chi connectivity index (χ0v) is 16.7. The van der Waals surface area contributed by atoms with Gasteiger partial charge in [0, 0.05) is 9.99 Å². The van der Waals surface area contributed by atoms with E-state index in [1.165, 1.54) is 6.07 Å². The number of aliphatic hydroxyl groups is 1. The number of hydrogen-bond donors (Lipinski definition) is 2. The Morgan fingerprint density at radius 1 is 1.15 bits per heavy atom. The van der Waals surface area contributed by atoms with Crippen molar-refractivity contribution >= 4 is 49.9 Å². The number of fused-ring (bicyclic) bond motifs is 1. The van der Waals surface area contributed by atoms with E-state index < -0.39 is 10.0 Å². The van der Waals surface area contributed by atoms with Crippen molar-refractivity contribution < 1.29 is 18.3 Å². The number of benzene rings is 2. The molecule has 0 aliphatic carbocycles. The number of nitrogens with one attached hydrogen (secondary N) is 1. The summed E-state index contributed by atoms with van der Waals surface area (Å²) in [5, 5.41) is 12.2. The zero-order chi connectivity index (χ0) is 18.7. The lowest BCUT2D eigenvalue weighted by atomic mass is 10.0. The Hall–Kier alpha value is -1.78. The Bertz CT molecular complexity index is 986. The molecule has 0 amide bonds. The average molecular weight is 484 g/mol. The molecule has 1 aliphatic heterocycles. The summed E-state index contributed by atoms with van der Waals surface area (Å²) in [6.07, 6.45) is 1.33. The SMILES string of the molecule is O=C(CCCc1ccccc1CO)C1=NS(=O)(=O)c2cc(I)ccc2N1. The molecule has 2 aromatic rings. The van der Waals surface area contributed by atoms with E-state index in [4.69, 9.17) is 0 Å². The lowest BCUT2D eigenvalue weighted by molar-refractivity contribution is -0.113. The van der Waals surface area contributed by atoms with Gasteiger partial charge in [0.15, 0.2) is 11.6 Å². The van der Waals surface area contributed by atoms with Crippen LogP contribution in [-0.2, 0) is 27.8 Å². The molecule has 0 saturated heterocycles. The first kappa shape index (κ1) is 19.0. The third kappa shape index (κ3) is 4.13. The Morgan fingerprint density at radius 2 is 1.88 bits per heavy atom. The summed E-state index contributed by atoms with van der Waals surface area (Å²) in [5.41, 5.74) is 2.18. The van der Waals surface area contributed by atoms with Gasteiger partial charge in [0.05, 0.1) is 12.3 Å². The number of rotatable bonds is 6. The molecular weight excluding hydrogens is 467 g/mol. The van der Waals surface area contributed by atoms with E-state index in [-0.39, 0.29) is 29.5 Å². The van der Waals surface area contributed by atoms with Crippen LogP contribution in [0.15, 0.2) is 51.8 Å². The minimum atomic E-state index is -3.88. The van der Waals surface area contributed by atoms with E-state index >= 15 is 0 Å². The van der Waals surface area contributed by atoms with Crippen molar-refractivity contribution in [3.05, 3.63) is 57.2 Å². The van der Waals surface area contributed by atoms with Crippen LogP contribution < -0.4 is 5.32 Å². The maximum Gasteiger partial charge on any atom is 0.286 e. The highest BCUT2D eigenvalue weighted by atomic mass is 127. The van der Waals surface area contributed by atoms with E-state index in [0.29, 0.717) is 18.5 Å². The van der Waals surface area contributed by atoms with Gasteiger partial charge in [-0.1, -0.05) is 24.3 Å². The van der Waals surface area contributed by atoms with Gasteiger partial charge in [0.1, 0.15) is 4.90 Å². The van der Waals surface area contributed by atoms with Crippen LogP contribution in [-0.4, -0.2) is 25.1 Å². The minimum absolute atomic E-state index is 0.0494. The molecule has 0 aromatic heterocycles. The predicted molar refractivity (Wildman–Crippen MR) is 108 cm³/mol. The summed E-state index contributed by atoms with van der Waals surface area (Å²) < 4.78 is 29.0. The summed E-state index contributed by atoms with van der Waals surface area (Å²) in [4.78, 5) is 12.5. The lowest BCUT2D eigenvalue weighted by Crippen LogP contribution is -2.29. The number of amidine groups is 1. The highest BCUT2D eigenvalue weighted by molar-refractivity contribution is 14.1. The first-order chi connectivity index (χ1) is 12.4. The van der Waals surface area contributed by atoms with Gasteiger partial charge in [0.25, 0.3) is 10.0 Å². The number of nitrogens with zero attached hydrogens (tertiary/aromatic N) is 1. The number of Topliss-reactive ketones (excluding diaryl/α,β-unsaturated/α-hetero) is 1. The van der Waals surface area contributed by atoms with Crippen molar-refractivity contribution in [3.8, 4) is 0 Å². The molecule has 0 atom stereocenters. The molecule has 0 bridgehead atoms. The number of sulfonamides is 1. The molecule has 2 aromatic carbocycles. The molecule has 6 nitrogen and oxygen atoms in total. The van der Waals surface area contributed by atoms with Gasteiger partial charge < -0.3 is 10.4 Å². The highest BCUT2D eigenvalue weighted by Crippen LogP contribution is 2.29. The Kier molecular flexibility index (Phi) is 5.73. The first-order valence-electron chi connectivity index (χ1n) is 8.03. The van der Waals surface area contributed by atoms with Crippen molar-refractivity contribution in [2.24, 2.45) is 4.40 Å². The van der Waals surface area contributed by atoms with Crippen LogP contribution >= 0.6 is 22.6 Å². The summed E-state index contributed by atoms with van der Waals surface area (Å²) in [6, 6.07) is 12.4. The van der Waals surface area contributed by atoms with Crippen molar-refractivity contribution in [1.29, 1.82) is 0 Å². The molecule has 8 heteroatoms. The van der Waals surface area contributed by atoms with Gasteiger partial charge >= 0.3 is 0 Å². The topological polar surface area (TPSA) is 95.8 Å². The normalized spacial score (nSPS) is 14.9. The van der Waals surface area contributed by atoms with Gasteiger partial charge in [-0.2, -0.15) is 8.42 Å². The van der Waals surface area contributed by atoms with Crippen LogP contribution in [0.3, 0.4) is 0 Å². The quantitative estimate of drug-likeness (QED) is 0.615. The first-order valence-corrected chi connectivity index (χ1v) is 10.5. The third-order valence-corrected chi connectivity index (χ3v) is 6.08. The van der Waals surface area contributed by atoms with Crippen LogP contribution in [0.4, 0.5) is 5.69 Å². The number of ketones is 1. The van der Waals surface area contributed by atoms with Crippen LogP contribution in [0.1, 0.15) is 24.0 Å². The molecule has 0 spiro atoms. The fourth-order valence-electron chi connectivity index (χ4n) is 2.77. The molecule has 136 valence electrons. The Labute approximate surface area is 165 Å². The number of halogens is 1. The van der Waals surface area contributed by atoms with Gasteiger partial charge in [0.2, 0.25) is 0 Å². The number of carbonyl (C=O) groups is 1.